The van der Waals surface area contributed by atoms with E-state index in [1.165, 1.54) is 0 Å². The van der Waals surface area contributed by atoms with Crippen molar-refractivity contribution in [2.45, 2.75) is 6.92 Å². The summed E-state index contributed by atoms with van der Waals surface area (Å²) < 4.78 is 16.1. The van der Waals surface area contributed by atoms with Gasteiger partial charge in [-0.3, -0.25) is 10.4 Å². The van der Waals surface area contributed by atoms with E-state index in [1.807, 2.05) is 6.92 Å². The Morgan fingerprint density at radius 1 is 1.03 bits per heavy atom. The van der Waals surface area contributed by atoms with Gasteiger partial charge in [0.2, 0.25) is 11.7 Å². The van der Waals surface area contributed by atoms with Crippen molar-refractivity contribution in [2.24, 2.45) is 10.8 Å². The van der Waals surface area contributed by atoms with E-state index < -0.39 is 0 Å². The number of benzene rings is 1. The van der Waals surface area contributed by atoms with Gasteiger partial charge in [-0.1, -0.05) is 0 Å². The lowest BCUT2D eigenvalue weighted by atomic mass is 10.2. The van der Waals surface area contributed by atoms with Gasteiger partial charge in [-0.05, 0) is 19.1 Å². The number of hydrogen-bond donors (Lipinski definition) is 4. The van der Waals surface area contributed by atoms with Crippen LogP contribution in [0.25, 0.3) is 11.2 Å². The van der Waals surface area contributed by atoms with E-state index in [-0.39, 0.29) is 0 Å². The first kappa shape index (κ1) is 20.9. The summed E-state index contributed by atoms with van der Waals surface area (Å²) in [7, 11) is 4.67. The van der Waals surface area contributed by atoms with Gasteiger partial charge in [-0.25, -0.2) is 20.8 Å². The van der Waals surface area contributed by atoms with E-state index in [0.717, 1.165) is 0 Å². The zero-order valence-electron chi connectivity index (χ0n) is 17.2. The number of ether oxygens (including phenoxy) is 3. The highest BCUT2D eigenvalue weighted by Gasteiger charge is 2.14. The number of aromatic nitrogens is 3. The van der Waals surface area contributed by atoms with Gasteiger partial charge in [0.15, 0.2) is 23.0 Å². The van der Waals surface area contributed by atoms with Gasteiger partial charge in [0.05, 0.1) is 27.5 Å². The molecule has 3 rings (SSSR count). The summed E-state index contributed by atoms with van der Waals surface area (Å²) in [5.41, 5.74) is 4.28. The number of fused-ring (bicyclic) bond motifs is 1. The van der Waals surface area contributed by atoms with Gasteiger partial charge >= 0.3 is 0 Å². The molecule has 0 saturated heterocycles. The molecular formula is C19H24N8O3. The summed E-state index contributed by atoms with van der Waals surface area (Å²) in [5, 5.41) is 6.18. The van der Waals surface area contributed by atoms with E-state index in [0.29, 0.717) is 58.2 Å². The average Bonchev–Trinajstić information content (AvgIpc) is 2.77. The van der Waals surface area contributed by atoms with Crippen molar-refractivity contribution in [3.05, 3.63) is 30.5 Å². The third-order valence-electron chi connectivity index (χ3n) is 4.04. The molecule has 5 N–H and O–H groups in total. The summed E-state index contributed by atoms with van der Waals surface area (Å²) in [6, 6.07) is 7.13. The van der Waals surface area contributed by atoms with Crippen LogP contribution in [0, 0.1) is 0 Å². The average molecular weight is 412 g/mol. The van der Waals surface area contributed by atoms with Crippen LogP contribution in [0.1, 0.15) is 6.92 Å². The van der Waals surface area contributed by atoms with E-state index in [1.54, 1.807) is 51.8 Å². The van der Waals surface area contributed by atoms with Crippen LogP contribution in [-0.2, 0) is 0 Å². The third-order valence-corrected chi connectivity index (χ3v) is 4.04. The van der Waals surface area contributed by atoms with Crippen LogP contribution in [0.2, 0.25) is 0 Å². The van der Waals surface area contributed by atoms with Crippen molar-refractivity contribution in [3.8, 4) is 17.2 Å². The monoisotopic (exact) mass is 412 g/mol. The maximum absolute atomic E-state index is 5.46. The van der Waals surface area contributed by atoms with Gasteiger partial charge in [0, 0.05) is 24.4 Å². The Bertz CT molecular complexity index is 1030. The van der Waals surface area contributed by atoms with E-state index in [9.17, 15) is 0 Å². The minimum absolute atomic E-state index is 0.406. The number of nitrogens with zero attached hydrogens (tertiary/aromatic N) is 4. The van der Waals surface area contributed by atoms with Crippen LogP contribution < -0.4 is 36.1 Å². The highest BCUT2D eigenvalue weighted by molar-refractivity contribution is 5.93. The Morgan fingerprint density at radius 2 is 1.73 bits per heavy atom. The molecule has 0 aliphatic rings. The van der Waals surface area contributed by atoms with Gasteiger partial charge in [-0.15, -0.1) is 0 Å². The first-order valence-electron chi connectivity index (χ1n) is 9.10. The number of hydrazine groups is 1. The zero-order chi connectivity index (χ0) is 21.5. The molecule has 158 valence electrons. The molecule has 2 aromatic heterocycles. The third kappa shape index (κ3) is 4.58. The summed E-state index contributed by atoms with van der Waals surface area (Å²) in [4.78, 5) is 17.6. The number of anilines is 3. The fraction of sp³-hybridized carbons (Fsp3) is 0.263. The number of rotatable bonds is 7. The Morgan fingerprint density at radius 3 is 2.33 bits per heavy atom. The second-order valence-electron chi connectivity index (χ2n) is 5.93. The lowest BCUT2D eigenvalue weighted by Crippen LogP contribution is -2.36. The number of hydrogen-bond acceptors (Lipinski definition) is 9. The molecule has 0 fully saturated rings. The van der Waals surface area contributed by atoms with E-state index in [4.69, 9.17) is 20.1 Å². The molecule has 0 aliphatic heterocycles. The minimum atomic E-state index is 0.406. The van der Waals surface area contributed by atoms with Crippen molar-refractivity contribution < 1.29 is 14.2 Å². The SMILES string of the molecule is CCN=C(NN)Nc1ccc2ncc(Nc3cc(OC)c(OC)c(OC)c3)nc2n1. The molecule has 0 unspecified atom stereocenters. The first-order valence-corrected chi connectivity index (χ1v) is 9.10. The molecule has 3 aromatic rings. The minimum Gasteiger partial charge on any atom is -0.493 e. The standard InChI is InChI=1S/C19H24N8O3/c1-5-21-19(27-20)26-15-7-6-12-18(24-15)25-16(10-22-12)23-11-8-13(28-2)17(30-4)14(9-11)29-3/h6-10H,5,20H2,1-4H3,(H3,21,23,24,25,26,27). The predicted molar refractivity (Wildman–Crippen MR) is 116 cm³/mol. The molecule has 0 amide bonds. The number of guanidine groups is 1. The molecule has 0 bridgehead atoms. The lowest BCUT2D eigenvalue weighted by molar-refractivity contribution is 0.324. The molecular weight excluding hydrogens is 388 g/mol. The predicted octanol–water partition coefficient (Wildman–Crippen LogP) is 2.05. The van der Waals surface area contributed by atoms with Gasteiger partial charge in [0.25, 0.3) is 0 Å². The van der Waals surface area contributed by atoms with E-state index >= 15 is 0 Å². The van der Waals surface area contributed by atoms with Crippen molar-refractivity contribution in [3.63, 3.8) is 0 Å². The molecule has 1 aromatic carbocycles. The normalized spacial score (nSPS) is 11.2. The highest BCUT2D eigenvalue weighted by atomic mass is 16.5. The molecule has 2 heterocycles. The largest absolute Gasteiger partial charge is 0.493 e. The van der Waals surface area contributed by atoms with Crippen molar-refractivity contribution >= 4 is 34.4 Å². The fourth-order valence-corrected chi connectivity index (χ4v) is 2.73. The smallest absolute Gasteiger partial charge is 0.211 e. The van der Waals surface area contributed by atoms with Crippen molar-refractivity contribution in [1.82, 2.24) is 20.4 Å². The van der Waals surface area contributed by atoms with E-state index in [2.05, 4.69) is 36.0 Å². The summed E-state index contributed by atoms with van der Waals surface area (Å²) in [6.45, 7) is 2.47. The van der Waals surface area contributed by atoms with Gasteiger partial charge in [0.1, 0.15) is 11.3 Å². The van der Waals surface area contributed by atoms with Crippen LogP contribution in [0.15, 0.2) is 35.5 Å². The first-order chi connectivity index (χ1) is 14.6. The van der Waals surface area contributed by atoms with Gasteiger partial charge < -0.3 is 24.8 Å². The number of nitrogens with two attached hydrogens (primary N) is 1. The van der Waals surface area contributed by atoms with Crippen LogP contribution in [0.4, 0.5) is 17.3 Å². The second kappa shape index (κ2) is 9.56. The molecule has 0 aliphatic carbocycles. The zero-order valence-corrected chi connectivity index (χ0v) is 17.2. The Hall–Kier alpha value is -3.86. The molecule has 0 radical (unpaired) electrons. The molecule has 0 saturated carbocycles. The Balaban J connectivity index is 1.91. The number of nitrogens with one attached hydrogen (secondary N) is 3. The number of aliphatic imine (C=N–C) groups is 1. The molecule has 0 atom stereocenters. The lowest BCUT2D eigenvalue weighted by Gasteiger charge is -2.15. The molecule has 30 heavy (non-hydrogen) atoms. The fourth-order valence-electron chi connectivity index (χ4n) is 2.73. The molecule has 0 spiro atoms. The maximum atomic E-state index is 5.46. The highest BCUT2D eigenvalue weighted by Crippen LogP contribution is 2.40. The Kier molecular flexibility index (Phi) is 6.65. The molecule has 11 nitrogen and oxygen atoms in total. The van der Waals surface area contributed by atoms with Crippen molar-refractivity contribution in [1.29, 1.82) is 0 Å². The second-order valence-corrected chi connectivity index (χ2v) is 5.93. The van der Waals surface area contributed by atoms with Crippen LogP contribution in [0.3, 0.4) is 0 Å². The summed E-state index contributed by atoms with van der Waals surface area (Å²) in [6.07, 6.45) is 1.62. The maximum Gasteiger partial charge on any atom is 0.211 e. The van der Waals surface area contributed by atoms with Crippen LogP contribution in [0.5, 0.6) is 17.2 Å². The van der Waals surface area contributed by atoms with Crippen LogP contribution >= 0.6 is 0 Å². The number of methoxy groups -OCH3 is 3. The number of pyridine rings is 1. The van der Waals surface area contributed by atoms with Crippen molar-refractivity contribution in [2.75, 3.05) is 38.5 Å². The van der Waals surface area contributed by atoms with Gasteiger partial charge in [-0.2, -0.15) is 0 Å². The van der Waals surface area contributed by atoms with Crippen LogP contribution in [-0.4, -0.2) is 48.8 Å². The molecule has 11 heteroatoms. The quantitative estimate of drug-likeness (QED) is 0.197. The Labute approximate surface area is 173 Å². The summed E-state index contributed by atoms with van der Waals surface area (Å²) in [5.74, 6) is 8.45. The topological polar surface area (TPSA) is 141 Å². The summed E-state index contributed by atoms with van der Waals surface area (Å²) >= 11 is 0.